The van der Waals surface area contributed by atoms with Gasteiger partial charge in [0.05, 0.1) is 17.9 Å². The highest BCUT2D eigenvalue weighted by Gasteiger charge is 2.47. The van der Waals surface area contributed by atoms with Crippen molar-refractivity contribution < 1.29 is 14.3 Å². The third-order valence-electron chi connectivity index (χ3n) is 3.03. The number of carbonyl (C=O) groups is 2. The van der Waals surface area contributed by atoms with E-state index in [0.717, 1.165) is 19.3 Å². The van der Waals surface area contributed by atoms with E-state index in [1.54, 1.807) is 7.11 Å². The van der Waals surface area contributed by atoms with Gasteiger partial charge in [0.15, 0.2) is 0 Å². The van der Waals surface area contributed by atoms with Crippen LogP contribution < -0.4 is 5.32 Å². The minimum atomic E-state index is -0.230. The van der Waals surface area contributed by atoms with E-state index < -0.39 is 0 Å². The Hall–Kier alpha value is -0.900. The number of nitrogens with one attached hydrogen (secondary N) is 1. The van der Waals surface area contributed by atoms with Crippen molar-refractivity contribution in [2.24, 2.45) is 11.8 Å². The van der Waals surface area contributed by atoms with Crippen LogP contribution in [0.1, 0.15) is 19.3 Å². The molecular formula is C9H13NO3. The van der Waals surface area contributed by atoms with E-state index in [4.69, 9.17) is 4.74 Å². The molecule has 1 N–H and O–H groups in total. The first-order valence-corrected chi connectivity index (χ1v) is 4.61. The van der Waals surface area contributed by atoms with Crippen molar-refractivity contribution in [3.63, 3.8) is 0 Å². The van der Waals surface area contributed by atoms with Crippen molar-refractivity contribution in [1.29, 1.82) is 0 Å². The fourth-order valence-electron chi connectivity index (χ4n) is 2.36. The molecule has 0 bridgehead atoms. The lowest BCUT2D eigenvalue weighted by Gasteiger charge is -2.28. The van der Waals surface area contributed by atoms with E-state index >= 15 is 0 Å². The average molecular weight is 183 g/mol. The van der Waals surface area contributed by atoms with Crippen molar-refractivity contribution >= 4 is 11.8 Å². The smallest absolute Gasteiger partial charge is 0.233 e. The van der Waals surface area contributed by atoms with E-state index in [0.29, 0.717) is 0 Å². The molecule has 3 unspecified atom stereocenters. The molecular weight excluding hydrogens is 170 g/mol. The molecule has 3 atom stereocenters. The molecule has 2 fully saturated rings. The Bertz CT molecular complexity index is 251. The van der Waals surface area contributed by atoms with Gasteiger partial charge in [-0.3, -0.25) is 14.9 Å². The standard InChI is InChI=1S/C9H13NO3/c1-13-6-4-2-3-5-7(6)9(12)10-8(5)11/h5-7H,2-4H2,1H3,(H,10,11,12). The Morgan fingerprint density at radius 1 is 1.31 bits per heavy atom. The van der Waals surface area contributed by atoms with E-state index in [1.807, 2.05) is 0 Å². The predicted octanol–water partition coefficient (Wildman–Crippen LogP) is 0.0741. The molecule has 1 aliphatic carbocycles. The molecule has 0 aromatic carbocycles. The summed E-state index contributed by atoms with van der Waals surface area (Å²) in [6.07, 6.45) is 2.62. The summed E-state index contributed by atoms with van der Waals surface area (Å²) in [5.74, 6) is -0.629. The summed E-state index contributed by atoms with van der Waals surface area (Å²) < 4.78 is 5.21. The van der Waals surface area contributed by atoms with Crippen LogP contribution in [0, 0.1) is 11.8 Å². The highest BCUT2D eigenvalue weighted by Crippen LogP contribution is 2.35. The highest BCUT2D eigenvalue weighted by atomic mass is 16.5. The van der Waals surface area contributed by atoms with Crippen molar-refractivity contribution in [2.75, 3.05) is 7.11 Å². The number of carbonyl (C=O) groups excluding carboxylic acids is 2. The summed E-state index contributed by atoms with van der Waals surface area (Å²) in [5, 5.41) is 2.37. The maximum atomic E-state index is 11.4. The SMILES string of the molecule is COC1CCCC2C(=O)NC(=O)C12. The molecule has 1 heterocycles. The molecule has 0 aromatic rings. The van der Waals surface area contributed by atoms with Gasteiger partial charge in [-0.05, 0) is 12.8 Å². The van der Waals surface area contributed by atoms with Crippen molar-refractivity contribution in [3.05, 3.63) is 0 Å². The van der Waals surface area contributed by atoms with Gasteiger partial charge in [-0.1, -0.05) is 6.42 Å². The number of imide groups is 1. The van der Waals surface area contributed by atoms with E-state index in [9.17, 15) is 9.59 Å². The number of methoxy groups -OCH3 is 1. The monoisotopic (exact) mass is 183 g/mol. The molecule has 4 nitrogen and oxygen atoms in total. The fraction of sp³-hybridized carbons (Fsp3) is 0.778. The first kappa shape index (κ1) is 8.69. The Balaban J connectivity index is 2.21. The summed E-state index contributed by atoms with van der Waals surface area (Å²) in [6, 6.07) is 0. The molecule has 4 heteroatoms. The van der Waals surface area contributed by atoms with Crippen LogP contribution in [0.15, 0.2) is 0 Å². The summed E-state index contributed by atoms with van der Waals surface area (Å²) in [7, 11) is 1.60. The van der Waals surface area contributed by atoms with Gasteiger partial charge in [0.25, 0.3) is 0 Å². The fourth-order valence-corrected chi connectivity index (χ4v) is 2.36. The third kappa shape index (κ3) is 1.25. The Labute approximate surface area is 76.6 Å². The number of fused-ring (bicyclic) bond motifs is 1. The van der Waals surface area contributed by atoms with Gasteiger partial charge in [-0.15, -0.1) is 0 Å². The topological polar surface area (TPSA) is 55.4 Å². The summed E-state index contributed by atoms with van der Waals surface area (Å²) in [6.45, 7) is 0. The molecule has 2 rings (SSSR count). The minimum absolute atomic E-state index is 0.0646. The quantitative estimate of drug-likeness (QED) is 0.585. The molecule has 0 radical (unpaired) electrons. The molecule has 1 saturated carbocycles. The van der Waals surface area contributed by atoms with Crippen LogP contribution in [0.3, 0.4) is 0 Å². The maximum absolute atomic E-state index is 11.4. The number of ether oxygens (including phenoxy) is 1. The van der Waals surface area contributed by atoms with Gasteiger partial charge in [-0.2, -0.15) is 0 Å². The lowest BCUT2D eigenvalue weighted by molar-refractivity contribution is -0.128. The number of rotatable bonds is 1. The zero-order valence-corrected chi connectivity index (χ0v) is 7.58. The Morgan fingerprint density at radius 3 is 2.77 bits per heavy atom. The highest BCUT2D eigenvalue weighted by molar-refractivity contribution is 6.05. The predicted molar refractivity (Wildman–Crippen MR) is 44.8 cm³/mol. The van der Waals surface area contributed by atoms with Crippen molar-refractivity contribution in [3.8, 4) is 0 Å². The lowest BCUT2D eigenvalue weighted by Crippen LogP contribution is -2.36. The lowest BCUT2D eigenvalue weighted by atomic mass is 9.79. The van der Waals surface area contributed by atoms with Crippen molar-refractivity contribution in [2.45, 2.75) is 25.4 Å². The average Bonchev–Trinajstić information content (AvgIpc) is 2.43. The van der Waals surface area contributed by atoms with Crippen LogP contribution in [-0.2, 0) is 14.3 Å². The summed E-state index contributed by atoms with van der Waals surface area (Å²) in [5.41, 5.74) is 0. The Morgan fingerprint density at radius 2 is 2.08 bits per heavy atom. The second-order valence-corrected chi connectivity index (χ2v) is 3.69. The van der Waals surface area contributed by atoms with Gasteiger partial charge in [0, 0.05) is 7.11 Å². The normalized spacial score (nSPS) is 38.7. The van der Waals surface area contributed by atoms with Crippen LogP contribution in [0.5, 0.6) is 0 Å². The number of amides is 2. The molecule has 2 aliphatic rings. The minimum Gasteiger partial charge on any atom is -0.381 e. The van der Waals surface area contributed by atoms with Crippen LogP contribution in [-0.4, -0.2) is 25.0 Å². The van der Waals surface area contributed by atoms with Gasteiger partial charge in [-0.25, -0.2) is 0 Å². The van der Waals surface area contributed by atoms with Crippen LogP contribution in [0.2, 0.25) is 0 Å². The molecule has 0 spiro atoms. The van der Waals surface area contributed by atoms with Gasteiger partial charge in [0.2, 0.25) is 11.8 Å². The molecule has 72 valence electrons. The van der Waals surface area contributed by atoms with Gasteiger partial charge >= 0.3 is 0 Å². The van der Waals surface area contributed by atoms with Crippen molar-refractivity contribution in [1.82, 2.24) is 5.32 Å². The number of hydrogen-bond donors (Lipinski definition) is 1. The zero-order valence-electron chi connectivity index (χ0n) is 7.58. The van der Waals surface area contributed by atoms with Crippen LogP contribution in [0.25, 0.3) is 0 Å². The van der Waals surface area contributed by atoms with Crippen LogP contribution in [0.4, 0.5) is 0 Å². The molecule has 1 saturated heterocycles. The second kappa shape index (κ2) is 3.10. The first-order chi connectivity index (χ1) is 6.24. The van der Waals surface area contributed by atoms with Gasteiger partial charge in [0.1, 0.15) is 0 Å². The summed E-state index contributed by atoms with van der Waals surface area (Å²) in [4.78, 5) is 22.7. The maximum Gasteiger partial charge on any atom is 0.233 e. The summed E-state index contributed by atoms with van der Waals surface area (Å²) >= 11 is 0. The number of hydrogen-bond acceptors (Lipinski definition) is 3. The third-order valence-corrected chi connectivity index (χ3v) is 3.03. The molecule has 0 aromatic heterocycles. The first-order valence-electron chi connectivity index (χ1n) is 4.61. The van der Waals surface area contributed by atoms with Crippen LogP contribution >= 0.6 is 0 Å². The van der Waals surface area contributed by atoms with Gasteiger partial charge < -0.3 is 4.74 Å². The van der Waals surface area contributed by atoms with E-state index in [-0.39, 0.29) is 29.8 Å². The second-order valence-electron chi connectivity index (χ2n) is 3.69. The van der Waals surface area contributed by atoms with E-state index in [1.165, 1.54) is 0 Å². The molecule has 2 amide bonds. The largest absolute Gasteiger partial charge is 0.381 e. The molecule has 1 aliphatic heterocycles. The molecule has 13 heavy (non-hydrogen) atoms. The van der Waals surface area contributed by atoms with E-state index in [2.05, 4.69) is 5.32 Å². The Kier molecular flexibility index (Phi) is 2.07. The zero-order chi connectivity index (χ0) is 9.42.